The molecule has 0 radical (unpaired) electrons. The van der Waals surface area contributed by atoms with Gasteiger partial charge in [0.1, 0.15) is 6.04 Å². The second-order valence-corrected chi connectivity index (χ2v) is 6.34. The molecule has 0 aliphatic carbocycles. The molecule has 0 fully saturated rings. The summed E-state index contributed by atoms with van der Waals surface area (Å²) < 4.78 is 15.3. The van der Waals surface area contributed by atoms with Crippen molar-refractivity contribution in [2.75, 3.05) is 12.9 Å². The number of amides is 1. The fraction of sp³-hybridized carbons (Fsp3) is 0.467. The largest absolute Gasteiger partial charge is 0.467 e. The van der Waals surface area contributed by atoms with E-state index in [0.29, 0.717) is 12.2 Å². The maximum absolute atomic E-state index is 12.0. The van der Waals surface area contributed by atoms with Gasteiger partial charge in [0.2, 0.25) is 5.91 Å². The van der Waals surface area contributed by atoms with Crippen molar-refractivity contribution in [3.05, 3.63) is 18.4 Å². The van der Waals surface area contributed by atoms with Crippen LogP contribution in [0.15, 0.2) is 32.5 Å². The van der Waals surface area contributed by atoms with Gasteiger partial charge in [0.25, 0.3) is 11.1 Å². The Bertz CT molecular complexity index is 668. The van der Waals surface area contributed by atoms with Crippen molar-refractivity contribution in [1.29, 1.82) is 0 Å². The topological polar surface area (TPSA) is 107 Å². The van der Waals surface area contributed by atoms with Gasteiger partial charge in [-0.15, -0.1) is 10.2 Å². The molecular weight excluding hydrogens is 334 g/mol. The Morgan fingerprint density at radius 2 is 2.17 bits per heavy atom. The molecule has 24 heavy (non-hydrogen) atoms. The van der Waals surface area contributed by atoms with Crippen LogP contribution in [0.5, 0.6) is 0 Å². The average molecular weight is 353 g/mol. The van der Waals surface area contributed by atoms with Crippen LogP contribution in [0, 0.1) is 5.92 Å². The summed E-state index contributed by atoms with van der Waals surface area (Å²) in [6.45, 7) is 3.93. The molecule has 9 heteroatoms. The first-order valence-corrected chi connectivity index (χ1v) is 8.35. The van der Waals surface area contributed by atoms with E-state index in [-0.39, 0.29) is 28.7 Å². The van der Waals surface area contributed by atoms with Gasteiger partial charge in [-0.1, -0.05) is 25.6 Å². The standard InChI is InChI=1S/C15H19N3O5S/c1-9(2)7-10(14(20)21-3)16-12(19)8-24-15-18-17-13(23-15)11-5-4-6-22-11/h4-6,9-10H,7-8H2,1-3H3,(H,16,19)/t10-/m1/s1. The summed E-state index contributed by atoms with van der Waals surface area (Å²) in [7, 11) is 1.30. The van der Waals surface area contributed by atoms with Crippen molar-refractivity contribution >= 4 is 23.6 Å². The Labute approximate surface area is 143 Å². The molecule has 2 aromatic rings. The highest BCUT2D eigenvalue weighted by atomic mass is 32.2. The number of nitrogens with one attached hydrogen (secondary N) is 1. The zero-order chi connectivity index (χ0) is 17.5. The molecule has 0 aliphatic rings. The number of thioether (sulfide) groups is 1. The SMILES string of the molecule is COC(=O)[C@@H](CC(C)C)NC(=O)CSc1nnc(-c2ccco2)o1. The molecule has 2 aromatic heterocycles. The zero-order valence-electron chi connectivity index (χ0n) is 13.6. The fourth-order valence-electron chi connectivity index (χ4n) is 1.96. The van der Waals surface area contributed by atoms with Gasteiger partial charge in [-0.25, -0.2) is 4.79 Å². The molecule has 0 bridgehead atoms. The van der Waals surface area contributed by atoms with E-state index in [1.54, 1.807) is 12.1 Å². The van der Waals surface area contributed by atoms with E-state index in [1.165, 1.54) is 13.4 Å². The molecule has 2 rings (SSSR count). The van der Waals surface area contributed by atoms with E-state index in [0.717, 1.165) is 11.8 Å². The van der Waals surface area contributed by atoms with Crippen molar-refractivity contribution in [2.24, 2.45) is 5.92 Å². The Hall–Kier alpha value is -2.29. The second kappa shape index (κ2) is 8.53. The lowest BCUT2D eigenvalue weighted by Crippen LogP contribution is -2.43. The molecule has 1 atom stereocenters. The third kappa shape index (κ3) is 5.12. The predicted molar refractivity (Wildman–Crippen MR) is 86.1 cm³/mol. The fourth-order valence-corrected chi connectivity index (χ4v) is 2.53. The molecule has 1 N–H and O–H groups in total. The van der Waals surface area contributed by atoms with Gasteiger partial charge in [-0.3, -0.25) is 4.79 Å². The lowest BCUT2D eigenvalue weighted by atomic mass is 10.0. The van der Waals surface area contributed by atoms with E-state index in [9.17, 15) is 9.59 Å². The molecule has 0 unspecified atom stereocenters. The first-order valence-electron chi connectivity index (χ1n) is 7.37. The zero-order valence-corrected chi connectivity index (χ0v) is 14.5. The molecule has 0 spiro atoms. The summed E-state index contributed by atoms with van der Waals surface area (Å²) in [6, 6.07) is 2.74. The number of esters is 1. The van der Waals surface area contributed by atoms with Crippen LogP contribution < -0.4 is 5.32 Å². The first kappa shape index (κ1) is 18.1. The van der Waals surface area contributed by atoms with Crippen molar-refractivity contribution < 1.29 is 23.2 Å². The quantitative estimate of drug-likeness (QED) is 0.568. The van der Waals surface area contributed by atoms with Crippen LogP contribution in [0.1, 0.15) is 20.3 Å². The monoisotopic (exact) mass is 353 g/mol. The minimum absolute atomic E-state index is 0.0470. The Morgan fingerprint density at radius 1 is 1.38 bits per heavy atom. The van der Waals surface area contributed by atoms with Crippen LogP contribution in [-0.4, -0.2) is 41.0 Å². The van der Waals surface area contributed by atoms with Gasteiger partial charge in [0, 0.05) is 0 Å². The predicted octanol–water partition coefficient (Wildman–Crippen LogP) is 2.13. The summed E-state index contributed by atoms with van der Waals surface area (Å²) in [5.74, 6) is 0.227. The molecule has 2 heterocycles. The average Bonchev–Trinajstić information content (AvgIpc) is 3.21. The van der Waals surface area contributed by atoms with Gasteiger partial charge in [0.05, 0.1) is 19.1 Å². The second-order valence-electron chi connectivity index (χ2n) is 5.41. The maximum atomic E-state index is 12.0. The number of aromatic nitrogens is 2. The van der Waals surface area contributed by atoms with E-state index >= 15 is 0 Å². The van der Waals surface area contributed by atoms with Crippen LogP contribution in [0.4, 0.5) is 0 Å². The number of carbonyl (C=O) groups excluding carboxylic acids is 2. The summed E-state index contributed by atoms with van der Waals surface area (Å²) in [5.41, 5.74) is 0. The molecule has 0 saturated carbocycles. The van der Waals surface area contributed by atoms with Crippen LogP contribution in [0.3, 0.4) is 0 Å². The van der Waals surface area contributed by atoms with Crippen molar-refractivity contribution in [1.82, 2.24) is 15.5 Å². The number of hydrogen-bond donors (Lipinski definition) is 1. The number of carbonyl (C=O) groups is 2. The van der Waals surface area contributed by atoms with Gasteiger partial charge in [-0.05, 0) is 24.5 Å². The van der Waals surface area contributed by atoms with Crippen molar-refractivity contribution in [3.8, 4) is 11.7 Å². The minimum Gasteiger partial charge on any atom is -0.467 e. The van der Waals surface area contributed by atoms with Gasteiger partial charge in [0.15, 0.2) is 5.76 Å². The summed E-state index contributed by atoms with van der Waals surface area (Å²) in [4.78, 5) is 23.7. The summed E-state index contributed by atoms with van der Waals surface area (Å²) >= 11 is 1.08. The third-order valence-electron chi connectivity index (χ3n) is 2.99. The van der Waals surface area contributed by atoms with Crippen LogP contribution in [0.2, 0.25) is 0 Å². The van der Waals surface area contributed by atoms with E-state index in [1.807, 2.05) is 13.8 Å². The minimum atomic E-state index is -0.663. The molecule has 0 saturated heterocycles. The van der Waals surface area contributed by atoms with E-state index in [2.05, 4.69) is 15.5 Å². The Kier molecular flexibility index (Phi) is 6.42. The summed E-state index contributed by atoms with van der Waals surface area (Å²) in [6.07, 6.45) is 2.01. The highest BCUT2D eigenvalue weighted by molar-refractivity contribution is 7.99. The molecular formula is C15H19N3O5S. The van der Waals surface area contributed by atoms with Crippen LogP contribution >= 0.6 is 11.8 Å². The van der Waals surface area contributed by atoms with Crippen molar-refractivity contribution in [3.63, 3.8) is 0 Å². The molecule has 0 aromatic carbocycles. The van der Waals surface area contributed by atoms with Gasteiger partial charge < -0.3 is 18.9 Å². The lowest BCUT2D eigenvalue weighted by Gasteiger charge is -2.17. The number of furan rings is 1. The highest BCUT2D eigenvalue weighted by Gasteiger charge is 2.23. The number of hydrogen-bond acceptors (Lipinski definition) is 8. The van der Waals surface area contributed by atoms with Crippen LogP contribution in [-0.2, 0) is 14.3 Å². The van der Waals surface area contributed by atoms with E-state index in [4.69, 9.17) is 13.6 Å². The first-order chi connectivity index (χ1) is 11.5. The highest BCUT2D eigenvalue weighted by Crippen LogP contribution is 2.23. The molecule has 0 aliphatic heterocycles. The smallest absolute Gasteiger partial charge is 0.328 e. The Morgan fingerprint density at radius 3 is 2.79 bits per heavy atom. The molecule has 8 nitrogen and oxygen atoms in total. The number of nitrogens with zero attached hydrogens (tertiary/aromatic N) is 2. The molecule has 130 valence electrons. The normalized spacial score (nSPS) is 12.2. The van der Waals surface area contributed by atoms with Crippen LogP contribution in [0.25, 0.3) is 11.7 Å². The number of methoxy groups -OCH3 is 1. The summed E-state index contributed by atoms with van der Waals surface area (Å²) in [5, 5.41) is 10.6. The van der Waals surface area contributed by atoms with E-state index < -0.39 is 12.0 Å². The molecule has 1 amide bonds. The number of ether oxygens (including phenoxy) is 1. The van der Waals surface area contributed by atoms with Gasteiger partial charge in [-0.2, -0.15) is 0 Å². The van der Waals surface area contributed by atoms with Crippen molar-refractivity contribution in [2.45, 2.75) is 31.5 Å². The lowest BCUT2D eigenvalue weighted by molar-refractivity contribution is -0.145. The van der Waals surface area contributed by atoms with Gasteiger partial charge >= 0.3 is 5.97 Å². The number of rotatable bonds is 8. The maximum Gasteiger partial charge on any atom is 0.328 e. The third-order valence-corrected chi connectivity index (χ3v) is 3.81. The Balaban J connectivity index is 1.87.